The Morgan fingerprint density at radius 3 is 2.45 bits per heavy atom. The number of hydroxylamine groups is 2. The third-order valence-corrected chi connectivity index (χ3v) is 5.40. The molecule has 3 aliphatic heterocycles. The highest BCUT2D eigenvalue weighted by atomic mass is 16.6. The first-order valence-corrected chi connectivity index (χ1v) is 9.93. The predicted octanol–water partition coefficient (Wildman–Crippen LogP) is 0.439. The third-order valence-electron chi connectivity index (χ3n) is 5.40. The summed E-state index contributed by atoms with van der Waals surface area (Å²) < 4.78 is 5.35. The monoisotopic (exact) mass is 411 g/mol. The zero-order valence-electron chi connectivity index (χ0n) is 17.0. The Kier molecular flexibility index (Phi) is 5.87. The molecule has 0 aliphatic carbocycles. The van der Waals surface area contributed by atoms with E-state index in [0.717, 1.165) is 0 Å². The summed E-state index contributed by atoms with van der Waals surface area (Å²) in [7, 11) is 0. The minimum absolute atomic E-state index is 0.214. The molecule has 3 saturated heterocycles. The van der Waals surface area contributed by atoms with E-state index in [1.165, 1.54) is 9.80 Å². The van der Waals surface area contributed by atoms with E-state index < -0.39 is 41.5 Å². The Hall–Kier alpha value is -2.56. The maximum absolute atomic E-state index is 12.5. The number of nitrogens with one attached hydrogen (secondary N) is 2. The van der Waals surface area contributed by atoms with Gasteiger partial charge in [0.05, 0.1) is 12.0 Å². The number of hydrogen-bond donors (Lipinski definition) is 3. The minimum atomic E-state index is -0.735. The maximum Gasteiger partial charge on any atom is 0.410 e. The SMILES string of the molecule is CC(C)(C)OC(=O)N1CCC[C@@H](C(=O)NNC(=O)[C@H]2CC[C@H]3CN2C(=O)N3O)C1. The van der Waals surface area contributed by atoms with Crippen molar-refractivity contribution < 1.29 is 29.1 Å². The molecule has 162 valence electrons. The van der Waals surface area contributed by atoms with E-state index in [-0.39, 0.29) is 19.1 Å². The summed E-state index contributed by atoms with van der Waals surface area (Å²) in [5.41, 5.74) is 4.18. The van der Waals surface area contributed by atoms with Crippen molar-refractivity contribution >= 4 is 23.9 Å². The van der Waals surface area contributed by atoms with Crippen LogP contribution in [0.2, 0.25) is 0 Å². The first-order chi connectivity index (χ1) is 13.6. The summed E-state index contributed by atoms with van der Waals surface area (Å²) in [5.74, 6) is -1.36. The van der Waals surface area contributed by atoms with Crippen molar-refractivity contribution in [1.29, 1.82) is 0 Å². The topological polar surface area (TPSA) is 132 Å². The van der Waals surface area contributed by atoms with E-state index in [9.17, 15) is 24.4 Å². The van der Waals surface area contributed by atoms with Crippen LogP contribution >= 0.6 is 0 Å². The van der Waals surface area contributed by atoms with E-state index in [0.29, 0.717) is 37.3 Å². The Morgan fingerprint density at radius 1 is 1.07 bits per heavy atom. The van der Waals surface area contributed by atoms with Gasteiger partial charge < -0.3 is 14.5 Å². The smallest absolute Gasteiger partial charge is 0.410 e. The van der Waals surface area contributed by atoms with Crippen LogP contribution in [0.3, 0.4) is 0 Å². The van der Waals surface area contributed by atoms with Crippen molar-refractivity contribution in [2.75, 3.05) is 19.6 Å². The van der Waals surface area contributed by atoms with Crippen LogP contribution in [-0.2, 0) is 14.3 Å². The number of rotatable bonds is 2. The summed E-state index contributed by atoms with van der Waals surface area (Å²) in [6.45, 7) is 6.36. The van der Waals surface area contributed by atoms with Crippen LogP contribution in [0.1, 0.15) is 46.5 Å². The Labute approximate surface area is 169 Å². The molecule has 3 N–H and O–H groups in total. The van der Waals surface area contributed by atoms with Gasteiger partial charge in [-0.15, -0.1) is 0 Å². The van der Waals surface area contributed by atoms with Crippen LogP contribution in [0, 0.1) is 5.92 Å². The number of ether oxygens (including phenoxy) is 1. The van der Waals surface area contributed by atoms with Gasteiger partial charge in [-0.05, 0) is 46.5 Å². The molecule has 0 radical (unpaired) electrons. The van der Waals surface area contributed by atoms with Gasteiger partial charge in [-0.2, -0.15) is 0 Å². The summed E-state index contributed by atoms with van der Waals surface area (Å²) in [6.07, 6.45) is 1.71. The number of hydrazine groups is 1. The number of urea groups is 1. The molecule has 0 unspecified atom stereocenters. The predicted molar refractivity (Wildman–Crippen MR) is 99.4 cm³/mol. The van der Waals surface area contributed by atoms with Gasteiger partial charge in [0.1, 0.15) is 11.6 Å². The fourth-order valence-corrected chi connectivity index (χ4v) is 3.92. The maximum atomic E-state index is 12.5. The second-order valence-electron chi connectivity index (χ2n) is 8.77. The standard InChI is InChI=1S/C18H29N5O6/c1-18(2,3)29-17(27)21-8-4-5-11(9-21)14(24)19-20-15(25)13-7-6-12-10-22(13)16(26)23(12)28/h11-13,28H,4-10H2,1-3H3,(H,19,24)(H,20,25)/t11-,12+,13-/m1/s1. The van der Waals surface area contributed by atoms with Gasteiger partial charge in [-0.25, -0.2) is 14.7 Å². The molecule has 11 nitrogen and oxygen atoms in total. The molecule has 2 bridgehead atoms. The molecule has 3 atom stereocenters. The lowest BCUT2D eigenvalue weighted by Gasteiger charge is -2.33. The molecular weight excluding hydrogens is 382 g/mol. The Bertz CT molecular complexity index is 693. The van der Waals surface area contributed by atoms with Crippen molar-refractivity contribution in [2.45, 2.75) is 64.1 Å². The Morgan fingerprint density at radius 2 is 1.76 bits per heavy atom. The lowest BCUT2D eigenvalue weighted by atomic mass is 9.97. The van der Waals surface area contributed by atoms with Crippen LogP contribution < -0.4 is 10.9 Å². The molecule has 0 spiro atoms. The number of carbonyl (C=O) groups excluding carboxylic acids is 4. The molecule has 3 heterocycles. The van der Waals surface area contributed by atoms with Crippen molar-refractivity contribution in [3.05, 3.63) is 0 Å². The van der Waals surface area contributed by atoms with E-state index >= 15 is 0 Å². The summed E-state index contributed by atoms with van der Waals surface area (Å²) in [6, 6.07) is -1.62. The lowest BCUT2D eigenvalue weighted by molar-refractivity contribution is -0.134. The average Bonchev–Trinajstić information content (AvgIpc) is 2.89. The molecule has 3 aliphatic rings. The zero-order chi connectivity index (χ0) is 21.3. The number of likely N-dealkylation sites (tertiary alicyclic amines) is 1. The summed E-state index contributed by atoms with van der Waals surface area (Å²) in [4.78, 5) is 51.9. The van der Waals surface area contributed by atoms with Gasteiger partial charge in [-0.3, -0.25) is 25.6 Å². The molecule has 3 rings (SSSR count). The number of hydrogen-bond acceptors (Lipinski definition) is 6. The second-order valence-corrected chi connectivity index (χ2v) is 8.77. The molecule has 11 heteroatoms. The normalized spacial score (nSPS) is 27.0. The first kappa shape index (κ1) is 21.2. The molecule has 29 heavy (non-hydrogen) atoms. The quantitative estimate of drug-likeness (QED) is 0.446. The first-order valence-electron chi connectivity index (χ1n) is 9.93. The molecular formula is C18H29N5O6. The number of piperidine rings is 2. The molecule has 3 fully saturated rings. The van der Waals surface area contributed by atoms with E-state index in [1.54, 1.807) is 20.8 Å². The fraction of sp³-hybridized carbons (Fsp3) is 0.778. The molecule has 0 aromatic rings. The number of fused-ring (bicyclic) bond motifs is 2. The third kappa shape index (κ3) is 4.72. The Balaban J connectivity index is 1.49. The molecule has 0 aromatic heterocycles. The van der Waals surface area contributed by atoms with Gasteiger partial charge in [0.15, 0.2) is 0 Å². The van der Waals surface area contributed by atoms with Crippen molar-refractivity contribution in [3.8, 4) is 0 Å². The van der Waals surface area contributed by atoms with Gasteiger partial charge >= 0.3 is 12.1 Å². The average molecular weight is 411 g/mol. The van der Waals surface area contributed by atoms with E-state index in [2.05, 4.69) is 10.9 Å². The number of amides is 5. The van der Waals surface area contributed by atoms with Gasteiger partial charge in [0.2, 0.25) is 5.91 Å². The fourth-order valence-electron chi connectivity index (χ4n) is 3.92. The van der Waals surface area contributed by atoms with Crippen LogP contribution in [-0.4, -0.2) is 81.3 Å². The lowest BCUT2D eigenvalue weighted by Crippen LogP contribution is -2.56. The number of nitrogens with zero attached hydrogens (tertiary/aromatic N) is 3. The van der Waals surface area contributed by atoms with Crippen molar-refractivity contribution in [1.82, 2.24) is 25.7 Å². The number of carbonyl (C=O) groups is 4. The molecule has 0 aromatic carbocycles. The molecule has 5 amide bonds. The van der Waals surface area contributed by atoms with Crippen LogP contribution in [0.15, 0.2) is 0 Å². The second kappa shape index (κ2) is 8.05. The highest BCUT2D eigenvalue weighted by Gasteiger charge is 2.46. The summed E-state index contributed by atoms with van der Waals surface area (Å²) >= 11 is 0. The minimum Gasteiger partial charge on any atom is -0.444 e. The van der Waals surface area contributed by atoms with E-state index in [4.69, 9.17) is 4.74 Å². The van der Waals surface area contributed by atoms with Crippen LogP contribution in [0.25, 0.3) is 0 Å². The van der Waals surface area contributed by atoms with Crippen molar-refractivity contribution in [3.63, 3.8) is 0 Å². The van der Waals surface area contributed by atoms with E-state index in [1.807, 2.05) is 0 Å². The molecule has 0 saturated carbocycles. The van der Waals surface area contributed by atoms with Gasteiger partial charge in [0.25, 0.3) is 5.91 Å². The highest BCUT2D eigenvalue weighted by molar-refractivity contribution is 5.90. The van der Waals surface area contributed by atoms with Gasteiger partial charge in [-0.1, -0.05) is 0 Å². The summed E-state index contributed by atoms with van der Waals surface area (Å²) in [5, 5.41) is 10.4. The zero-order valence-corrected chi connectivity index (χ0v) is 17.0. The largest absolute Gasteiger partial charge is 0.444 e. The van der Waals surface area contributed by atoms with Crippen LogP contribution in [0.5, 0.6) is 0 Å². The van der Waals surface area contributed by atoms with Crippen LogP contribution in [0.4, 0.5) is 9.59 Å². The highest BCUT2D eigenvalue weighted by Crippen LogP contribution is 2.28. The van der Waals surface area contributed by atoms with Crippen molar-refractivity contribution in [2.24, 2.45) is 5.92 Å². The van der Waals surface area contributed by atoms with Gasteiger partial charge in [0, 0.05) is 19.6 Å².